The van der Waals surface area contributed by atoms with Gasteiger partial charge in [-0.2, -0.15) is 0 Å². The molecule has 0 aliphatic carbocycles. The zero-order chi connectivity index (χ0) is 12.3. The molecule has 0 bridgehead atoms. The molecule has 0 aliphatic heterocycles. The second-order valence-electron chi connectivity index (χ2n) is 3.73. The molecular formula is C12H13N3O2. The van der Waals surface area contributed by atoms with E-state index >= 15 is 0 Å². The topological polar surface area (TPSA) is 78.0 Å². The zero-order valence-electron chi connectivity index (χ0n) is 9.40. The number of phenols is 1. The van der Waals surface area contributed by atoms with Gasteiger partial charge in [0, 0.05) is 6.20 Å². The smallest absolute Gasteiger partial charge is 0.255 e. The molecule has 0 spiro atoms. The Labute approximate surface area is 98.5 Å². The van der Waals surface area contributed by atoms with Crippen molar-refractivity contribution in [3.05, 3.63) is 47.5 Å². The number of hydrogen-bond acceptors (Lipinski definition) is 3. The number of benzene rings is 1. The van der Waals surface area contributed by atoms with E-state index in [0.29, 0.717) is 12.1 Å². The fourth-order valence-electron chi connectivity index (χ4n) is 1.49. The summed E-state index contributed by atoms with van der Waals surface area (Å²) in [6.07, 6.45) is 3.18. The van der Waals surface area contributed by atoms with Crippen molar-refractivity contribution in [2.75, 3.05) is 0 Å². The number of imidazole rings is 1. The van der Waals surface area contributed by atoms with Crippen LogP contribution in [0.4, 0.5) is 0 Å². The third-order valence-electron chi connectivity index (χ3n) is 2.48. The van der Waals surface area contributed by atoms with Crippen LogP contribution in [0.3, 0.4) is 0 Å². The van der Waals surface area contributed by atoms with E-state index in [1.807, 2.05) is 0 Å². The molecule has 0 fully saturated rings. The average Bonchev–Trinajstić information content (AvgIpc) is 2.82. The number of aromatic amines is 1. The number of carbonyl (C=O) groups excluding carboxylic acids is 1. The summed E-state index contributed by atoms with van der Waals surface area (Å²) in [5.41, 5.74) is 1.77. The van der Waals surface area contributed by atoms with Crippen LogP contribution in [0.25, 0.3) is 0 Å². The molecule has 17 heavy (non-hydrogen) atoms. The first kappa shape index (κ1) is 11.2. The van der Waals surface area contributed by atoms with E-state index < -0.39 is 0 Å². The highest BCUT2D eigenvalue weighted by Crippen LogP contribution is 2.21. The Hall–Kier alpha value is -2.30. The maximum Gasteiger partial charge on any atom is 0.255 e. The number of aromatic hydroxyl groups is 1. The van der Waals surface area contributed by atoms with Crippen molar-refractivity contribution in [2.24, 2.45) is 0 Å². The van der Waals surface area contributed by atoms with Crippen molar-refractivity contribution in [3.63, 3.8) is 0 Å². The predicted octanol–water partition coefficient (Wildman–Crippen LogP) is 1.35. The molecule has 0 saturated heterocycles. The van der Waals surface area contributed by atoms with Crippen LogP contribution in [0.1, 0.15) is 21.6 Å². The lowest BCUT2D eigenvalue weighted by molar-refractivity contribution is 0.0947. The first-order valence-corrected chi connectivity index (χ1v) is 5.22. The van der Waals surface area contributed by atoms with Crippen LogP contribution < -0.4 is 5.32 Å². The maximum absolute atomic E-state index is 11.8. The fourth-order valence-corrected chi connectivity index (χ4v) is 1.49. The van der Waals surface area contributed by atoms with Crippen molar-refractivity contribution in [1.82, 2.24) is 15.3 Å². The average molecular weight is 231 g/mol. The molecule has 2 aromatic rings. The van der Waals surface area contributed by atoms with E-state index in [-0.39, 0.29) is 17.2 Å². The van der Waals surface area contributed by atoms with Crippen LogP contribution in [0.5, 0.6) is 5.75 Å². The minimum absolute atomic E-state index is 0.0228. The standard InChI is InChI=1S/C12H13N3O2/c1-8-3-2-4-10(11(8)16)12(17)14-6-9-5-13-7-15-9/h2-5,7,16H,6H2,1H3,(H,13,15)(H,14,17). The number of aromatic nitrogens is 2. The Morgan fingerprint density at radius 2 is 2.35 bits per heavy atom. The molecule has 3 N–H and O–H groups in total. The molecule has 2 rings (SSSR count). The third kappa shape index (κ3) is 2.44. The highest BCUT2D eigenvalue weighted by atomic mass is 16.3. The van der Waals surface area contributed by atoms with Gasteiger partial charge in [-0.05, 0) is 18.6 Å². The fraction of sp³-hybridized carbons (Fsp3) is 0.167. The van der Waals surface area contributed by atoms with Gasteiger partial charge in [0.05, 0.1) is 24.1 Å². The Kier molecular flexibility index (Phi) is 3.09. The monoisotopic (exact) mass is 231 g/mol. The molecule has 0 atom stereocenters. The van der Waals surface area contributed by atoms with Crippen molar-refractivity contribution in [1.29, 1.82) is 0 Å². The Morgan fingerprint density at radius 3 is 3.06 bits per heavy atom. The Bertz CT molecular complexity index is 521. The van der Waals surface area contributed by atoms with Gasteiger partial charge in [-0.1, -0.05) is 12.1 Å². The summed E-state index contributed by atoms with van der Waals surface area (Å²) in [5.74, 6) is -0.282. The lowest BCUT2D eigenvalue weighted by Gasteiger charge is -2.07. The largest absolute Gasteiger partial charge is 0.507 e. The van der Waals surface area contributed by atoms with Gasteiger partial charge in [0.2, 0.25) is 0 Å². The van der Waals surface area contributed by atoms with Crippen molar-refractivity contribution in [3.8, 4) is 5.75 Å². The maximum atomic E-state index is 11.8. The lowest BCUT2D eigenvalue weighted by Crippen LogP contribution is -2.23. The van der Waals surface area contributed by atoms with Gasteiger partial charge in [-0.25, -0.2) is 4.98 Å². The first-order chi connectivity index (χ1) is 8.18. The number of amides is 1. The summed E-state index contributed by atoms with van der Waals surface area (Å²) in [7, 11) is 0. The number of H-pyrrole nitrogens is 1. The predicted molar refractivity (Wildman–Crippen MR) is 62.6 cm³/mol. The minimum Gasteiger partial charge on any atom is -0.507 e. The van der Waals surface area contributed by atoms with Crippen molar-refractivity contribution in [2.45, 2.75) is 13.5 Å². The number of para-hydroxylation sites is 1. The second kappa shape index (κ2) is 4.69. The van der Waals surface area contributed by atoms with Crippen LogP contribution in [-0.4, -0.2) is 21.0 Å². The summed E-state index contributed by atoms with van der Waals surface area (Å²) in [5, 5.41) is 12.4. The third-order valence-corrected chi connectivity index (χ3v) is 2.48. The van der Waals surface area contributed by atoms with Gasteiger partial charge in [-0.3, -0.25) is 4.79 Å². The summed E-state index contributed by atoms with van der Waals surface area (Å²) in [4.78, 5) is 18.5. The Morgan fingerprint density at radius 1 is 1.53 bits per heavy atom. The number of carbonyl (C=O) groups is 1. The van der Waals surface area contributed by atoms with E-state index in [9.17, 15) is 9.90 Å². The molecule has 88 valence electrons. The summed E-state index contributed by atoms with van der Waals surface area (Å²) >= 11 is 0. The SMILES string of the molecule is Cc1cccc(C(=O)NCc2cnc[nH]2)c1O. The van der Waals surface area contributed by atoms with Gasteiger partial charge >= 0.3 is 0 Å². The van der Waals surface area contributed by atoms with E-state index in [1.54, 1.807) is 37.6 Å². The number of rotatable bonds is 3. The van der Waals surface area contributed by atoms with E-state index in [1.165, 1.54) is 0 Å². The van der Waals surface area contributed by atoms with E-state index in [4.69, 9.17) is 0 Å². The van der Waals surface area contributed by atoms with Crippen LogP contribution in [0.15, 0.2) is 30.7 Å². The molecule has 0 aliphatic rings. The van der Waals surface area contributed by atoms with Crippen LogP contribution in [-0.2, 0) is 6.54 Å². The molecule has 5 nitrogen and oxygen atoms in total. The molecule has 1 aromatic carbocycles. The number of nitrogens with one attached hydrogen (secondary N) is 2. The van der Waals surface area contributed by atoms with Crippen molar-refractivity contribution >= 4 is 5.91 Å². The number of nitrogens with zero attached hydrogens (tertiary/aromatic N) is 1. The van der Waals surface area contributed by atoms with Gasteiger partial charge < -0.3 is 15.4 Å². The summed E-state index contributed by atoms with van der Waals surface area (Å²) in [6.45, 7) is 2.10. The van der Waals surface area contributed by atoms with E-state index in [0.717, 1.165) is 5.69 Å². The Balaban J connectivity index is 2.07. The summed E-state index contributed by atoms with van der Waals surface area (Å²) < 4.78 is 0. The van der Waals surface area contributed by atoms with Gasteiger partial charge in [0.15, 0.2) is 0 Å². The number of phenolic OH excluding ortho intramolecular Hbond substituents is 1. The van der Waals surface area contributed by atoms with Gasteiger partial charge in [-0.15, -0.1) is 0 Å². The minimum atomic E-state index is -0.305. The number of aryl methyl sites for hydroxylation is 1. The molecule has 1 heterocycles. The van der Waals surface area contributed by atoms with Gasteiger partial charge in [0.25, 0.3) is 5.91 Å². The molecule has 1 amide bonds. The summed E-state index contributed by atoms with van der Waals surface area (Å²) in [6, 6.07) is 5.08. The van der Waals surface area contributed by atoms with Crippen molar-refractivity contribution < 1.29 is 9.90 Å². The normalized spacial score (nSPS) is 10.2. The van der Waals surface area contributed by atoms with Crippen LogP contribution >= 0.6 is 0 Å². The highest BCUT2D eigenvalue weighted by molar-refractivity contribution is 5.97. The van der Waals surface area contributed by atoms with Crippen LogP contribution in [0, 0.1) is 6.92 Å². The molecular weight excluding hydrogens is 218 g/mol. The molecule has 5 heteroatoms. The molecule has 0 saturated carbocycles. The zero-order valence-corrected chi connectivity index (χ0v) is 9.40. The second-order valence-corrected chi connectivity index (χ2v) is 3.73. The highest BCUT2D eigenvalue weighted by Gasteiger charge is 2.11. The first-order valence-electron chi connectivity index (χ1n) is 5.22. The van der Waals surface area contributed by atoms with Crippen LogP contribution in [0.2, 0.25) is 0 Å². The molecule has 0 unspecified atom stereocenters. The number of hydrogen-bond donors (Lipinski definition) is 3. The van der Waals surface area contributed by atoms with Gasteiger partial charge in [0.1, 0.15) is 5.75 Å². The molecule has 1 aromatic heterocycles. The molecule has 0 radical (unpaired) electrons. The van der Waals surface area contributed by atoms with E-state index in [2.05, 4.69) is 15.3 Å². The lowest BCUT2D eigenvalue weighted by atomic mass is 10.1. The quantitative estimate of drug-likeness (QED) is 0.746.